The fourth-order valence-electron chi connectivity index (χ4n) is 3.53. The van der Waals surface area contributed by atoms with Gasteiger partial charge in [-0.1, -0.05) is 61.5 Å². The lowest BCUT2D eigenvalue weighted by atomic mass is 9.74. The summed E-state index contributed by atoms with van der Waals surface area (Å²) >= 11 is 0. The molecule has 0 aromatic heterocycles. The molecule has 1 heterocycles. The van der Waals surface area contributed by atoms with Crippen LogP contribution in [0.2, 0.25) is 0 Å². The summed E-state index contributed by atoms with van der Waals surface area (Å²) in [7, 11) is 0. The predicted octanol–water partition coefficient (Wildman–Crippen LogP) is 3.66. The molecule has 25 heavy (non-hydrogen) atoms. The summed E-state index contributed by atoms with van der Waals surface area (Å²) in [5.74, 6) is 0.0889. The van der Waals surface area contributed by atoms with Crippen molar-refractivity contribution in [1.82, 2.24) is 5.32 Å². The molecule has 3 rings (SSSR count). The zero-order valence-electron chi connectivity index (χ0n) is 15.0. The number of benzene rings is 2. The molecule has 0 radical (unpaired) electrons. The van der Waals surface area contributed by atoms with Gasteiger partial charge in [-0.2, -0.15) is 0 Å². The Morgan fingerprint density at radius 2 is 1.64 bits per heavy atom. The number of hydrogen-bond acceptors (Lipinski definition) is 2. The van der Waals surface area contributed by atoms with Crippen molar-refractivity contribution in [3.63, 3.8) is 0 Å². The van der Waals surface area contributed by atoms with Crippen LogP contribution < -0.4 is 5.32 Å². The highest BCUT2D eigenvalue weighted by atomic mass is 16.5. The van der Waals surface area contributed by atoms with Gasteiger partial charge in [-0.25, -0.2) is 0 Å². The van der Waals surface area contributed by atoms with E-state index in [1.165, 1.54) is 11.1 Å². The minimum atomic E-state index is -0.0127. The van der Waals surface area contributed by atoms with Gasteiger partial charge in [0.25, 0.3) is 0 Å². The van der Waals surface area contributed by atoms with Crippen LogP contribution >= 0.6 is 0 Å². The molecule has 0 aliphatic carbocycles. The molecule has 2 aromatic carbocycles. The molecule has 0 atom stereocenters. The van der Waals surface area contributed by atoms with Crippen molar-refractivity contribution in [1.29, 1.82) is 0 Å². The van der Waals surface area contributed by atoms with Crippen molar-refractivity contribution in [2.24, 2.45) is 0 Å². The van der Waals surface area contributed by atoms with Gasteiger partial charge < -0.3 is 10.1 Å². The Kier molecular flexibility index (Phi) is 5.87. The number of rotatable bonds is 6. The summed E-state index contributed by atoms with van der Waals surface area (Å²) in [6.07, 6.45) is 3.35. The molecule has 2 aromatic rings. The highest BCUT2D eigenvalue weighted by molar-refractivity contribution is 5.78. The van der Waals surface area contributed by atoms with E-state index in [9.17, 15) is 4.79 Å². The van der Waals surface area contributed by atoms with Gasteiger partial charge in [-0.15, -0.1) is 0 Å². The van der Waals surface area contributed by atoms with Crippen LogP contribution in [0.5, 0.6) is 0 Å². The largest absolute Gasteiger partial charge is 0.381 e. The quantitative estimate of drug-likeness (QED) is 0.874. The first-order chi connectivity index (χ1) is 12.2. The molecule has 0 bridgehead atoms. The van der Waals surface area contributed by atoms with E-state index in [2.05, 4.69) is 60.8 Å². The third-order valence-corrected chi connectivity index (χ3v) is 5.26. The molecule has 0 saturated carbocycles. The molecule has 1 fully saturated rings. The van der Waals surface area contributed by atoms with Crippen LogP contribution in [0.4, 0.5) is 0 Å². The molecule has 1 amide bonds. The monoisotopic (exact) mass is 337 g/mol. The number of amides is 1. The van der Waals surface area contributed by atoms with E-state index in [0.717, 1.165) is 38.0 Å². The summed E-state index contributed by atoms with van der Waals surface area (Å²) in [5, 5.41) is 3.17. The van der Waals surface area contributed by atoms with E-state index in [4.69, 9.17) is 4.74 Å². The van der Waals surface area contributed by atoms with Crippen LogP contribution in [0.3, 0.4) is 0 Å². The van der Waals surface area contributed by atoms with Crippen LogP contribution in [0.15, 0.2) is 54.6 Å². The summed E-state index contributed by atoms with van der Waals surface area (Å²) in [6, 6.07) is 18.8. The smallest absolute Gasteiger partial charge is 0.224 e. The van der Waals surface area contributed by atoms with Crippen molar-refractivity contribution in [2.45, 2.75) is 38.0 Å². The number of nitrogens with one attached hydrogen (secondary N) is 1. The molecule has 0 unspecified atom stereocenters. The van der Waals surface area contributed by atoms with E-state index >= 15 is 0 Å². The third-order valence-electron chi connectivity index (χ3n) is 5.26. The highest BCUT2D eigenvalue weighted by Gasteiger charge is 2.34. The van der Waals surface area contributed by atoms with Crippen LogP contribution in [-0.4, -0.2) is 25.7 Å². The Balaban J connectivity index is 1.63. The third kappa shape index (κ3) is 4.49. The Morgan fingerprint density at radius 1 is 1.00 bits per heavy atom. The van der Waals surface area contributed by atoms with Crippen molar-refractivity contribution < 1.29 is 9.53 Å². The van der Waals surface area contributed by atoms with E-state index < -0.39 is 0 Å². The Hall–Kier alpha value is -2.13. The fourth-order valence-corrected chi connectivity index (χ4v) is 3.53. The van der Waals surface area contributed by atoms with Gasteiger partial charge in [0.2, 0.25) is 5.91 Å². The molecule has 132 valence electrons. The first-order valence-electron chi connectivity index (χ1n) is 9.20. The number of hydrogen-bond donors (Lipinski definition) is 1. The van der Waals surface area contributed by atoms with Crippen LogP contribution in [-0.2, 0) is 27.8 Å². The molecule has 1 N–H and O–H groups in total. The predicted molar refractivity (Wildman–Crippen MR) is 101 cm³/mol. The maximum Gasteiger partial charge on any atom is 0.224 e. The van der Waals surface area contributed by atoms with Crippen LogP contribution in [0.1, 0.15) is 36.5 Å². The van der Waals surface area contributed by atoms with Gasteiger partial charge >= 0.3 is 0 Å². The summed E-state index contributed by atoms with van der Waals surface area (Å²) in [4.78, 5) is 12.4. The summed E-state index contributed by atoms with van der Waals surface area (Å²) < 4.78 is 5.56. The van der Waals surface area contributed by atoms with E-state index in [1.807, 2.05) is 6.07 Å². The maximum absolute atomic E-state index is 12.4. The normalized spacial score (nSPS) is 16.4. The summed E-state index contributed by atoms with van der Waals surface area (Å²) in [6.45, 7) is 4.32. The molecule has 1 aliphatic heterocycles. The average molecular weight is 337 g/mol. The first-order valence-corrected chi connectivity index (χ1v) is 9.20. The van der Waals surface area contributed by atoms with Gasteiger partial charge in [-0.05, 0) is 36.0 Å². The van der Waals surface area contributed by atoms with Gasteiger partial charge in [0, 0.05) is 25.2 Å². The molecular formula is C22H27NO2. The maximum atomic E-state index is 12.4. The number of ether oxygens (including phenoxy) is 1. The topological polar surface area (TPSA) is 38.3 Å². The molecule has 3 heteroatoms. The minimum absolute atomic E-state index is 0.0127. The second kappa shape index (κ2) is 8.30. The zero-order chi connectivity index (χ0) is 17.5. The molecule has 3 nitrogen and oxygen atoms in total. The second-order valence-electron chi connectivity index (χ2n) is 6.88. The first kappa shape index (κ1) is 17.7. The van der Waals surface area contributed by atoms with Crippen LogP contribution in [0.25, 0.3) is 0 Å². The fraction of sp³-hybridized carbons (Fsp3) is 0.409. The lowest BCUT2D eigenvalue weighted by Crippen LogP contribution is -2.45. The Morgan fingerprint density at radius 3 is 2.28 bits per heavy atom. The second-order valence-corrected chi connectivity index (χ2v) is 6.88. The van der Waals surface area contributed by atoms with E-state index in [-0.39, 0.29) is 11.3 Å². The SMILES string of the molecule is CCc1ccc(CC(=O)NCC2(c3ccccc3)CCOCC2)cc1. The van der Waals surface area contributed by atoms with Crippen LogP contribution in [0, 0.1) is 0 Å². The van der Waals surface area contributed by atoms with E-state index in [0.29, 0.717) is 13.0 Å². The molecule has 1 saturated heterocycles. The van der Waals surface area contributed by atoms with Crippen molar-refractivity contribution >= 4 is 5.91 Å². The molecule has 0 spiro atoms. The molecule has 1 aliphatic rings. The lowest BCUT2D eigenvalue weighted by Gasteiger charge is -2.38. The van der Waals surface area contributed by atoms with E-state index in [1.54, 1.807) is 0 Å². The zero-order valence-corrected chi connectivity index (χ0v) is 15.0. The van der Waals surface area contributed by atoms with Gasteiger partial charge in [0.05, 0.1) is 6.42 Å². The van der Waals surface area contributed by atoms with Gasteiger partial charge in [0.1, 0.15) is 0 Å². The average Bonchev–Trinajstić information content (AvgIpc) is 2.68. The highest BCUT2D eigenvalue weighted by Crippen LogP contribution is 2.34. The molecular weight excluding hydrogens is 310 g/mol. The number of aryl methyl sites for hydroxylation is 1. The number of carbonyl (C=O) groups is 1. The van der Waals surface area contributed by atoms with Crippen molar-refractivity contribution in [3.05, 3.63) is 71.3 Å². The number of carbonyl (C=O) groups excluding carboxylic acids is 1. The van der Waals surface area contributed by atoms with Crippen molar-refractivity contribution in [3.8, 4) is 0 Å². The lowest BCUT2D eigenvalue weighted by molar-refractivity contribution is -0.120. The minimum Gasteiger partial charge on any atom is -0.381 e. The van der Waals surface area contributed by atoms with Crippen molar-refractivity contribution in [2.75, 3.05) is 19.8 Å². The summed E-state index contributed by atoms with van der Waals surface area (Å²) in [5.41, 5.74) is 3.65. The van der Waals surface area contributed by atoms with Gasteiger partial charge in [0.15, 0.2) is 0 Å². The van der Waals surface area contributed by atoms with Gasteiger partial charge in [-0.3, -0.25) is 4.79 Å². The standard InChI is InChI=1S/C22H27NO2/c1-2-18-8-10-19(11-9-18)16-21(24)23-17-22(12-14-25-15-13-22)20-6-4-3-5-7-20/h3-11H,2,12-17H2,1H3,(H,23,24). The Bertz CT molecular complexity index is 673. The Labute approximate surface area is 150 Å².